The van der Waals surface area contributed by atoms with E-state index >= 15 is 0 Å². The largest absolute Gasteiger partial charge is 0.497 e. The van der Waals surface area contributed by atoms with Gasteiger partial charge in [-0.2, -0.15) is 0 Å². The third-order valence-electron chi connectivity index (χ3n) is 3.35. The molecule has 0 fully saturated rings. The average Bonchev–Trinajstić information content (AvgIpc) is 2.61. The van der Waals surface area contributed by atoms with Gasteiger partial charge in [0.05, 0.1) is 13.7 Å². The van der Waals surface area contributed by atoms with Gasteiger partial charge in [0.15, 0.2) is 0 Å². The lowest BCUT2D eigenvalue weighted by molar-refractivity contribution is 0.236. The Kier molecular flexibility index (Phi) is 7.42. The van der Waals surface area contributed by atoms with E-state index in [4.69, 9.17) is 9.47 Å². The molecule has 0 spiro atoms. The predicted octanol–water partition coefficient (Wildman–Crippen LogP) is 3.38. The molecule has 0 aliphatic rings. The van der Waals surface area contributed by atoms with Crippen LogP contribution in [0.5, 0.6) is 11.5 Å². The van der Waals surface area contributed by atoms with Crippen LogP contribution in [-0.4, -0.2) is 32.8 Å². The zero-order chi connectivity index (χ0) is 17.2. The minimum Gasteiger partial charge on any atom is -0.497 e. The summed E-state index contributed by atoms with van der Waals surface area (Å²) in [4.78, 5) is 11.7. The van der Waals surface area contributed by atoms with Crippen LogP contribution in [0.3, 0.4) is 0 Å². The van der Waals surface area contributed by atoms with Crippen molar-refractivity contribution in [2.75, 3.05) is 26.8 Å². The van der Waals surface area contributed by atoms with Gasteiger partial charge in [0, 0.05) is 11.0 Å². The molecule has 6 heteroatoms. The standard InChI is InChI=1S/C18H21BrN2O3/c1-23-15-6-8-16(9-7-15)24-13-12-21-18(22)20-11-10-14-4-2-3-5-17(14)19/h2-9H,10-13H2,1H3,(H2,20,21,22). The maximum absolute atomic E-state index is 11.7. The first-order chi connectivity index (χ1) is 11.7. The van der Waals surface area contributed by atoms with Gasteiger partial charge in [-0.05, 0) is 42.3 Å². The number of halogens is 1. The average molecular weight is 393 g/mol. The van der Waals surface area contributed by atoms with Gasteiger partial charge in [0.2, 0.25) is 0 Å². The normalized spacial score (nSPS) is 10.1. The van der Waals surface area contributed by atoms with E-state index in [1.54, 1.807) is 7.11 Å². The van der Waals surface area contributed by atoms with Crippen LogP contribution in [0.1, 0.15) is 5.56 Å². The summed E-state index contributed by atoms with van der Waals surface area (Å²) in [6.07, 6.45) is 0.775. The Hall–Kier alpha value is -2.21. The first kappa shape index (κ1) is 18.1. The molecule has 0 saturated carbocycles. The minimum atomic E-state index is -0.194. The number of carbonyl (C=O) groups is 1. The van der Waals surface area contributed by atoms with Crippen LogP contribution in [0.15, 0.2) is 53.0 Å². The lowest BCUT2D eigenvalue weighted by Crippen LogP contribution is -2.38. The molecular weight excluding hydrogens is 372 g/mol. The Labute approximate surface area is 150 Å². The molecule has 0 aromatic heterocycles. The summed E-state index contributed by atoms with van der Waals surface area (Å²) in [6, 6.07) is 15.1. The first-order valence-electron chi connectivity index (χ1n) is 7.71. The predicted molar refractivity (Wildman–Crippen MR) is 97.7 cm³/mol. The summed E-state index contributed by atoms with van der Waals surface area (Å²) >= 11 is 3.49. The van der Waals surface area contributed by atoms with E-state index in [2.05, 4.69) is 26.6 Å². The summed E-state index contributed by atoms with van der Waals surface area (Å²) in [5.74, 6) is 1.52. The van der Waals surface area contributed by atoms with Crippen molar-refractivity contribution in [3.8, 4) is 11.5 Å². The molecule has 2 amide bonds. The Bertz CT molecular complexity index is 647. The van der Waals surface area contributed by atoms with E-state index in [0.717, 1.165) is 22.4 Å². The van der Waals surface area contributed by atoms with Crippen LogP contribution < -0.4 is 20.1 Å². The van der Waals surface area contributed by atoms with Crippen molar-refractivity contribution in [2.45, 2.75) is 6.42 Å². The number of rotatable bonds is 8. The van der Waals surface area contributed by atoms with Crippen LogP contribution in [0, 0.1) is 0 Å². The van der Waals surface area contributed by atoms with Crippen molar-refractivity contribution in [1.29, 1.82) is 0 Å². The highest BCUT2D eigenvalue weighted by Gasteiger charge is 2.02. The second kappa shape index (κ2) is 9.82. The number of urea groups is 1. The molecule has 0 radical (unpaired) electrons. The van der Waals surface area contributed by atoms with Gasteiger partial charge in [0.1, 0.15) is 18.1 Å². The second-order valence-electron chi connectivity index (χ2n) is 5.05. The molecule has 2 aromatic carbocycles. The van der Waals surface area contributed by atoms with Crippen molar-refractivity contribution in [2.24, 2.45) is 0 Å². The zero-order valence-electron chi connectivity index (χ0n) is 13.5. The molecule has 0 aliphatic heterocycles. The molecule has 5 nitrogen and oxygen atoms in total. The maximum Gasteiger partial charge on any atom is 0.314 e. The van der Waals surface area contributed by atoms with Crippen molar-refractivity contribution in [3.63, 3.8) is 0 Å². The maximum atomic E-state index is 11.7. The Morgan fingerprint density at radius 3 is 2.38 bits per heavy atom. The molecule has 2 N–H and O–H groups in total. The zero-order valence-corrected chi connectivity index (χ0v) is 15.1. The number of benzene rings is 2. The van der Waals surface area contributed by atoms with E-state index in [9.17, 15) is 4.79 Å². The van der Waals surface area contributed by atoms with E-state index in [-0.39, 0.29) is 6.03 Å². The fraction of sp³-hybridized carbons (Fsp3) is 0.278. The minimum absolute atomic E-state index is 0.194. The van der Waals surface area contributed by atoms with Crippen LogP contribution in [-0.2, 0) is 6.42 Å². The lowest BCUT2D eigenvalue weighted by atomic mass is 10.1. The summed E-state index contributed by atoms with van der Waals surface area (Å²) < 4.78 is 11.7. The highest BCUT2D eigenvalue weighted by molar-refractivity contribution is 9.10. The highest BCUT2D eigenvalue weighted by atomic mass is 79.9. The smallest absolute Gasteiger partial charge is 0.314 e. The van der Waals surface area contributed by atoms with Gasteiger partial charge in [-0.15, -0.1) is 0 Å². The molecule has 2 rings (SSSR count). The van der Waals surface area contributed by atoms with Gasteiger partial charge in [-0.25, -0.2) is 4.79 Å². The van der Waals surface area contributed by atoms with Gasteiger partial charge in [-0.1, -0.05) is 34.1 Å². The number of hydrogen-bond acceptors (Lipinski definition) is 3. The number of amides is 2. The van der Waals surface area contributed by atoms with Crippen LogP contribution in [0.2, 0.25) is 0 Å². The fourth-order valence-electron chi connectivity index (χ4n) is 2.08. The van der Waals surface area contributed by atoms with Crippen molar-refractivity contribution < 1.29 is 14.3 Å². The van der Waals surface area contributed by atoms with Gasteiger partial charge < -0.3 is 20.1 Å². The first-order valence-corrected chi connectivity index (χ1v) is 8.50. The molecule has 0 heterocycles. The van der Waals surface area contributed by atoms with Crippen LogP contribution >= 0.6 is 15.9 Å². The molecule has 0 bridgehead atoms. The lowest BCUT2D eigenvalue weighted by Gasteiger charge is -2.10. The van der Waals surface area contributed by atoms with Gasteiger partial charge in [0.25, 0.3) is 0 Å². The van der Waals surface area contributed by atoms with E-state index in [1.165, 1.54) is 5.56 Å². The number of methoxy groups -OCH3 is 1. The highest BCUT2D eigenvalue weighted by Crippen LogP contribution is 2.17. The molecule has 0 unspecified atom stereocenters. The van der Waals surface area contributed by atoms with E-state index < -0.39 is 0 Å². The van der Waals surface area contributed by atoms with Gasteiger partial charge in [-0.3, -0.25) is 0 Å². The van der Waals surface area contributed by atoms with E-state index in [0.29, 0.717) is 19.7 Å². The van der Waals surface area contributed by atoms with Crippen molar-refractivity contribution in [3.05, 3.63) is 58.6 Å². The summed E-state index contributed by atoms with van der Waals surface area (Å²) in [7, 11) is 1.62. The molecule has 128 valence electrons. The molecule has 0 saturated heterocycles. The third kappa shape index (κ3) is 6.12. The summed E-state index contributed by atoms with van der Waals surface area (Å²) in [5.41, 5.74) is 1.17. The molecule has 0 aliphatic carbocycles. The Balaban J connectivity index is 1.58. The number of carbonyl (C=O) groups excluding carboxylic acids is 1. The topological polar surface area (TPSA) is 59.6 Å². The number of ether oxygens (including phenoxy) is 2. The number of nitrogens with one attached hydrogen (secondary N) is 2. The fourth-order valence-corrected chi connectivity index (χ4v) is 2.56. The molecule has 0 atom stereocenters. The van der Waals surface area contributed by atoms with Crippen LogP contribution in [0.4, 0.5) is 4.79 Å². The summed E-state index contributed by atoms with van der Waals surface area (Å²) in [6.45, 7) is 1.42. The quantitative estimate of drug-likeness (QED) is 0.676. The van der Waals surface area contributed by atoms with E-state index in [1.807, 2.05) is 48.5 Å². The van der Waals surface area contributed by atoms with Crippen LogP contribution in [0.25, 0.3) is 0 Å². The Morgan fingerprint density at radius 1 is 1.00 bits per heavy atom. The molecular formula is C18H21BrN2O3. The van der Waals surface area contributed by atoms with Crippen molar-refractivity contribution >= 4 is 22.0 Å². The Morgan fingerprint density at radius 2 is 1.67 bits per heavy atom. The monoisotopic (exact) mass is 392 g/mol. The van der Waals surface area contributed by atoms with Crippen molar-refractivity contribution in [1.82, 2.24) is 10.6 Å². The molecule has 24 heavy (non-hydrogen) atoms. The molecule has 2 aromatic rings. The third-order valence-corrected chi connectivity index (χ3v) is 4.13. The SMILES string of the molecule is COc1ccc(OCCNC(=O)NCCc2ccccc2Br)cc1. The summed E-state index contributed by atoms with van der Waals surface area (Å²) in [5, 5.41) is 5.59. The second-order valence-corrected chi connectivity index (χ2v) is 5.90. The number of hydrogen-bond donors (Lipinski definition) is 2. The van der Waals surface area contributed by atoms with Gasteiger partial charge >= 0.3 is 6.03 Å².